The molecule has 0 fully saturated rings. The van der Waals surface area contributed by atoms with E-state index < -0.39 is 5.91 Å². The predicted molar refractivity (Wildman–Crippen MR) is 130 cm³/mol. The normalized spacial score (nSPS) is 11.1. The highest BCUT2D eigenvalue weighted by atomic mass is 35.5. The number of nitrogens with one attached hydrogen (secondary N) is 1. The van der Waals surface area contributed by atoms with Crippen LogP contribution in [0.15, 0.2) is 76.2 Å². The number of anilines is 1. The molecule has 0 spiro atoms. The van der Waals surface area contributed by atoms with Crippen molar-refractivity contribution in [3.05, 3.63) is 104 Å². The number of nitrogens with zero attached hydrogens (tertiary/aromatic N) is 4. The van der Waals surface area contributed by atoms with Gasteiger partial charge in [0.1, 0.15) is 17.0 Å². The quantitative estimate of drug-likeness (QED) is 0.368. The molecule has 3 heterocycles. The van der Waals surface area contributed by atoms with Crippen molar-refractivity contribution in [2.24, 2.45) is 0 Å². The zero-order valence-electron chi connectivity index (χ0n) is 17.8. The molecule has 0 radical (unpaired) electrons. The van der Waals surface area contributed by atoms with E-state index in [1.165, 1.54) is 9.08 Å². The van der Waals surface area contributed by atoms with Gasteiger partial charge in [0.05, 0.1) is 16.6 Å². The number of benzene rings is 2. The molecule has 0 atom stereocenters. The zero-order valence-corrected chi connectivity index (χ0v) is 19.3. The summed E-state index contributed by atoms with van der Waals surface area (Å²) in [4.78, 5) is 25.8. The first-order chi connectivity index (χ1) is 16.4. The Morgan fingerprint density at radius 3 is 2.59 bits per heavy atom. The van der Waals surface area contributed by atoms with Crippen molar-refractivity contribution in [3.63, 3.8) is 0 Å². The number of hydrogen-bond donors (Lipinski definition) is 1. The lowest BCUT2D eigenvalue weighted by Gasteiger charge is -2.09. The Balaban J connectivity index is 1.43. The van der Waals surface area contributed by atoms with Crippen LogP contribution in [-0.4, -0.2) is 25.2 Å². The van der Waals surface area contributed by atoms with E-state index >= 15 is 0 Å². The first kappa shape index (κ1) is 21.9. The van der Waals surface area contributed by atoms with Crippen molar-refractivity contribution < 1.29 is 9.32 Å². The number of halogens is 2. The molecule has 0 aliphatic carbocycles. The molecule has 0 bridgehead atoms. The molecule has 0 unspecified atom stereocenters. The molecule has 0 aliphatic heterocycles. The summed E-state index contributed by atoms with van der Waals surface area (Å²) in [6.45, 7) is 1.89. The maximum absolute atomic E-state index is 13.2. The second-order valence-corrected chi connectivity index (χ2v) is 8.40. The molecule has 2 aromatic carbocycles. The molecule has 10 heteroatoms. The molecule has 170 valence electrons. The highest BCUT2D eigenvalue weighted by molar-refractivity contribution is 6.39. The molecular formula is C24H17Cl2N5O3. The van der Waals surface area contributed by atoms with Crippen molar-refractivity contribution >= 4 is 40.4 Å². The van der Waals surface area contributed by atoms with Crippen LogP contribution in [0.2, 0.25) is 10.0 Å². The molecule has 0 aliphatic rings. The van der Waals surface area contributed by atoms with Crippen molar-refractivity contribution in [2.75, 3.05) is 5.32 Å². The van der Waals surface area contributed by atoms with Crippen LogP contribution in [0.1, 0.15) is 21.7 Å². The fraction of sp³-hybridized carbons (Fsp3) is 0.0833. The van der Waals surface area contributed by atoms with Gasteiger partial charge in [-0.1, -0.05) is 52.6 Å². The number of hydrogen-bond acceptors (Lipinski definition) is 5. The van der Waals surface area contributed by atoms with Crippen LogP contribution in [0.3, 0.4) is 0 Å². The Kier molecular flexibility index (Phi) is 5.69. The van der Waals surface area contributed by atoms with Gasteiger partial charge in [-0.15, -0.1) is 5.10 Å². The summed E-state index contributed by atoms with van der Waals surface area (Å²) in [6, 6.07) is 17.6. The molecule has 1 amide bonds. The smallest absolute Gasteiger partial charge is 0.350 e. The van der Waals surface area contributed by atoms with E-state index in [4.69, 9.17) is 27.7 Å². The summed E-state index contributed by atoms with van der Waals surface area (Å²) in [6.07, 6.45) is 1.67. The topological polar surface area (TPSA) is 94.4 Å². The minimum atomic E-state index is -0.424. The van der Waals surface area contributed by atoms with Gasteiger partial charge in [-0.25, -0.2) is 9.48 Å². The van der Waals surface area contributed by atoms with E-state index in [0.29, 0.717) is 32.7 Å². The van der Waals surface area contributed by atoms with E-state index in [9.17, 15) is 9.59 Å². The fourth-order valence-electron chi connectivity index (χ4n) is 3.72. The Morgan fingerprint density at radius 1 is 1.06 bits per heavy atom. The maximum Gasteiger partial charge on any atom is 0.350 e. The fourth-order valence-corrected chi connectivity index (χ4v) is 4.30. The summed E-state index contributed by atoms with van der Waals surface area (Å²) in [5, 5.41) is 11.9. The predicted octanol–water partition coefficient (Wildman–Crippen LogP) is 5.07. The van der Waals surface area contributed by atoms with Crippen molar-refractivity contribution in [1.82, 2.24) is 19.3 Å². The van der Waals surface area contributed by atoms with Gasteiger partial charge in [0.25, 0.3) is 5.91 Å². The monoisotopic (exact) mass is 493 g/mol. The number of carbonyl (C=O) groups is 1. The third-order valence-electron chi connectivity index (χ3n) is 5.29. The maximum atomic E-state index is 13.2. The van der Waals surface area contributed by atoms with Crippen LogP contribution in [0.4, 0.5) is 5.69 Å². The van der Waals surface area contributed by atoms with Gasteiger partial charge in [-0.2, -0.15) is 0 Å². The Hall–Kier alpha value is -3.88. The third kappa shape index (κ3) is 3.98. The Morgan fingerprint density at radius 2 is 1.82 bits per heavy atom. The van der Waals surface area contributed by atoms with Gasteiger partial charge in [0, 0.05) is 17.4 Å². The lowest BCUT2D eigenvalue weighted by molar-refractivity contribution is 0.102. The van der Waals surface area contributed by atoms with E-state index in [0.717, 1.165) is 5.56 Å². The Bertz CT molecular complexity index is 1580. The number of amides is 1. The summed E-state index contributed by atoms with van der Waals surface area (Å²) in [5.41, 5.74) is 2.57. The second kappa shape index (κ2) is 8.81. The van der Waals surface area contributed by atoms with Gasteiger partial charge < -0.3 is 9.84 Å². The molecular weight excluding hydrogens is 477 g/mol. The minimum absolute atomic E-state index is 0.233. The van der Waals surface area contributed by atoms with Gasteiger partial charge in [0.2, 0.25) is 0 Å². The molecule has 3 aromatic heterocycles. The average molecular weight is 494 g/mol. The van der Waals surface area contributed by atoms with Crippen LogP contribution in [-0.2, 0) is 6.54 Å². The summed E-state index contributed by atoms with van der Waals surface area (Å²) < 4.78 is 8.13. The van der Waals surface area contributed by atoms with Crippen LogP contribution in [0, 0.1) is 6.92 Å². The number of aryl methyl sites for hydroxylation is 1. The summed E-state index contributed by atoms with van der Waals surface area (Å²) >= 11 is 12.6. The minimum Gasteiger partial charge on any atom is -0.360 e. The number of carbonyl (C=O) groups excluding carboxylic acids is 1. The summed E-state index contributed by atoms with van der Waals surface area (Å²) in [7, 11) is 0. The van der Waals surface area contributed by atoms with Gasteiger partial charge >= 0.3 is 5.69 Å². The number of pyridine rings is 1. The highest BCUT2D eigenvalue weighted by Gasteiger charge is 2.25. The van der Waals surface area contributed by atoms with Crippen LogP contribution >= 0.6 is 23.2 Å². The average Bonchev–Trinajstić information content (AvgIpc) is 3.34. The van der Waals surface area contributed by atoms with Crippen molar-refractivity contribution in [1.29, 1.82) is 0 Å². The summed E-state index contributed by atoms with van der Waals surface area (Å²) in [5.74, 6) is -0.0947. The molecule has 5 rings (SSSR count). The van der Waals surface area contributed by atoms with Crippen LogP contribution in [0.5, 0.6) is 0 Å². The number of rotatable bonds is 5. The van der Waals surface area contributed by atoms with Crippen LogP contribution in [0.25, 0.3) is 16.9 Å². The van der Waals surface area contributed by atoms with Crippen molar-refractivity contribution in [3.8, 4) is 11.3 Å². The lowest BCUT2D eigenvalue weighted by Crippen LogP contribution is -2.21. The van der Waals surface area contributed by atoms with Gasteiger partial charge in [0.15, 0.2) is 5.65 Å². The number of aromatic nitrogens is 4. The molecule has 0 saturated heterocycles. The van der Waals surface area contributed by atoms with E-state index in [2.05, 4.69) is 15.6 Å². The van der Waals surface area contributed by atoms with E-state index in [-0.39, 0.29) is 23.5 Å². The molecule has 5 aromatic rings. The van der Waals surface area contributed by atoms with Crippen molar-refractivity contribution in [2.45, 2.75) is 13.5 Å². The highest BCUT2D eigenvalue weighted by Crippen LogP contribution is 2.37. The second-order valence-electron chi connectivity index (χ2n) is 7.58. The Labute approximate surface area is 203 Å². The largest absolute Gasteiger partial charge is 0.360 e. The van der Waals surface area contributed by atoms with Gasteiger partial charge in [-0.3, -0.25) is 9.20 Å². The third-order valence-corrected chi connectivity index (χ3v) is 5.92. The zero-order chi connectivity index (χ0) is 23.8. The van der Waals surface area contributed by atoms with E-state index in [1.54, 1.807) is 61.7 Å². The van der Waals surface area contributed by atoms with Gasteiger partial charge in [-0.05, 0) is 48.9 Å². The van der Waals surface area contributed by atoms with Crippen LogP contribution < -0.4 is 11.0 Å². The number of fused-ring (bicyclic) bond motifs is 1. The lowest BCUT2D eigenvalue weighted by atomic mass is 10.1. The first-order valence-electron chi connectivity index (χ1n) is 10.3. The standard InChI is InChI=1S/C24H17Cl2N5O3/c1-14-20(22(29-34-14)21-17(25)8-5-9-18(21)26)23(32)27-16-7-4-6-15(12-16)13-31-24(33)30-11-3-2-10-19(30)28-31/h2-12H,13H2,1H3,(H,27,32). The molecule has 8 nitrogen and oxygen atoms in total. The molecule has 1 N–H and O–H groups in total. The molecule has 34 heavy (non-hydrogen) atoms. The SMILES string of the molecule is Cc1onc(-c2c(Cl)cccc2Cl)c1C(=O)Nc1cccc(Cn2nc3ccccn3c2=O)c1. The molecule has 0 saturated carbocycles. The van der Waals surface area contributed by atoms with E-state index in [1.807, 2.05) is 12.1 Å². The first-order valence-corrected chi connectivity index (χ1v) is 11.0.